The fourth-order valence-electron chi connectivity index (χ4n) is 2.80. The van der Waals surface area contributed by atoms with E-state index >= 15 is 0 Å². The third kappa shape index (κ3) is 9.10. The van der Waals surface area contributed by atoms with Crippen molar-refractivity contribution >= 4 is 5.91 Å². The van der Waals surface area contributed by atoms with Gasteiger partial charge in [-0.2, -0.15) is 0 Å². The molecular formula is C17H35N3O. The maximum atomic E-state index is 12.0. The van der Waals surface area contributed by atoms with Crippen LogP contribution in [0.15, 0.2) is 0 Å². The number of rotatable bonds is 10. The molecule has 0 aromatic heterocycles. The largest absolute Gasteiger partial charge is 0.343 e. The van der Waals surface area contributed by atoms with Gasteiger partial charge in [0.2, 0.25) is 5.91 Å². The molecule has 0 aromatic carbocycles. The van der Waals surface area contributed by atoms with Crippen LogP contribution < -0.4 is 0 Å². The molecule has 4 nitrogen and oxygen atoms in total. The molecule has 0 aliphatic carbocycles. The van der Waals surface area contributed by atoms with Crippen LogP contribution >= 0.6 is 0 Å². The van der Waals surface area contributed by atoms with Gasteiger partial charge >= 0.3 is 0 Å². The number of piperidine rings is 1. The van der Waals surface area contributed by atoms with E-state index in [-0.39, 0.29) is 0 Å². The predicted molar refractivity (Wildman–Crippen MR) is 89.6 cm³/mol. The minimum absolute atomic E-state index is 0.387. The van der Waals surface area contributed by atoms with Gasteiger partial charge in [-0.05, 0) is 59.8 Å². The first-order valence-corrected chi connectivity index (χ1v) is 8.70. The Kier molecular flexibility index (Phi) is 9.68. The molecule has 4 heteroatoms. The molecule has 0 aromatic rings. The van der Waals surface area contributed by atoms with E-state index in [9.17, 15) is 4.79 Å². The van der Waals surface area contributed by atoms with Gasteiger partial charge in [0.25, 0.3) is 0 Å². The van der Waals surface area contributed by atoms with Gasteiger partial charge in [-0.15, -0.1) is 0 Å². The summed E-state index contributed by atoms with van der Waals surface area (Å²) < 4.78 is 0. The van der Waals surface area contributed by atoms with Crippen molar-refractivity contribution in [1.29, 1.82) is 0 Å². The fourth-order valence-corrected chi connectivity index (χ4v) is 2.80. The van der Waals surface area contributed by atoms with E-state index in [1.54, 1.807) is 0 Å². The summed E-state index contributed by atoms with van der Waals surface area (Å²) in [5.74, 6) is 0.387. The summed E-state index contributed by atoms with van der Waals surface area (Å²) in [7, 11) is 6.43. The Labute approximate surface area is 131 Å². The van der Waals surface area contributed by atoms with E-state index in [1.807, 2.05) is 0 Å². The molecular weight excluding hydrogens is 262 g/mol. The van der Waals surface area contributed by atoms with Crippen LogP contribution in [-0.2, 0) is 4.79 Å². The van der Waals surface area contributed by atoms with Crippen molar-refractivity contribution in [3.63, 3.8) is 0 Å². The van der Waals surface area contributed by atoms with Crippen molar-refractivity contribution in [1.82, 2.24) is 14.7 Å². The van der Waals surface area contributed by atoms with Crippen molar-refractivity contribution in [3.8, 4) is 0 Å². The first-order valence-electron chi connectivity index (χ1n) is 8.70. The van der Waals surface area contributed by atoms with Crippen LogP contribution in [0.2, 0.25) is 0 Å². The van der Waals surface area contributed by atoms with E-state index in [4.69, 9.17) is 0 Å². The highest BCUT2D eigenvalue weighted by atomic mass is 16.2. The average Bonchev–Trinajstić information content (AvgIpc) is 2.49. The second-order valence-electron chi connectivity index (χ2n) is 6.71. The normalized spacial score (nSPS) is 16.0. The van der Waals surface area contributed by atoms with Crippen LogP contribution in [0.4, 0.5) is 0 Å². The highest BCUT2D eigenvalue weighted by Crippen LogP contribution is 2.12. The third-order valence-electron chi connectivity index (χ3n) is 4.32. The minimum Gasteiger partial charge on any atom is -0.343 e. The summed E-state index contributed by atoms with van der Waals surface area (Å²) in [4.78, 5) is 18.7. The first-order chi connectivity index (χ1) is 10.1. The summed E-state index contributed by atoms with van der Waals surface area (Å²) in [6, 6.07) is 0. The Morgan fingerprint density at radius 3 is 2.19 bits per heavy atom. The molecule has 0 radical (unpaired) electrons. The van der Waals surface area contributed by atoms with Crippen LogP contribution in [0.1, 0.15) is 51.4 Å². The number of amides is 1. The standard InChI is InChI=1S/C17H35N3O/c1-18(2)15-16-19(3)12-8-5-4-7-11-17(21)20-13-9-6-10-14-20/h4-16H2,1-3H3. The molecule has 0 saturated carbocycles. The molecule has 1 fully saturated rings. The first kappa shape index (κ1) is 18.4. The van der Waals surface area contributed by atoms with Crippen LogP contribution in [0.3, 0.4) is 0 Å². The minimum atomic E-state index is 0.387. The Bertz CT molecular complexity index is 275. The summed E-state index contributed by atoms with van der Waals surface area (Å²) in [6.07, 6.45) is 9.22. The zero-order chi connectivity index (χ0) is 15.5. The zero-order valence-electron chi connectivity index (χ0n) is 14.4. The number of carbonyl (C=O) groups excluding carboxylic acids is 1. The smallest absolute Gasteiger partial charge is 0.222 e. The van der Waals surface area contributed by atoms with Crippen LogP contribution in [0, 0.1) is 0 Å². The fraction of sp³-hybridized carbons (Fsp3) is 0.941. The Morgan fingerprint density at radius 1 is 0.857 bits per heavy atom. The van der Waals surface area contributed by atoms with Crippen molar-refractivity contribution in [2.24, 2.45) is 0 Å². The Hall–Kier alpha value is -0.610. The number of unbranched alkanes of at least 4 members (excludes halogenated alkanes) is 3. The molecule has 0 bridgehead atoms. The number of likely N-dealkylation sites (tertiary alicyclic amines) is 1. The zero-order valence-corrected chi connectivity index (χ0v) is 14.4. The van der Waals surface area contributed by atoms with Crippen molar-refractivity contribution in [2.45, 2.75) is 51.4 Å². The third-order valence-corrected chi connectivity index (χ3v) is 4.32. The van der Waals surface area contributed by atoms with Gasteiger partial charge in [0, 0.05) is 32.6 Å². The Morgan fingerprint density at radius 2 is 1.52 bits per heavy atom. The van der Waals surface area contributed by atoms with Gasteiger partial charge in [-0.3, -0.25) is 4.79 Å². The lowest BCUT2D eigenvalue weighted by atomic mass is 10.1. The molecule has 0 N–H and O–H groups in total. The van der Waals surface area contributed by atoms with Gasteiger partial charge in [0.15, 0.2) is 0 Å². The summed E-state index contributed by atoms with van der Waals surface area (Å²) in [5.41, 5.74) is 0. The molecule has 0 spiro atoms. The number of likely N-dealkylation sites (N-methyl/N-ethyl adjacent to an activating group) is 2. The summed E-state index contributed by atoms with van der Waals surface area (Å²) >= 11 is 0. The van der Waals surface area contributed by atoms with Gasteiger partial charge < -0.3 is 14.7 Å². The molecule has 1 rings (SSSR count). The van der Waals surface area contributed by atoms with Gasteiger partial charge in [-0.25, -0.2) is 0 Å². The summed E-state index contributed by atoms with van der Waals surface area (Å²) in [5, 5.41) is 0. The maximum absolute atomic E-state index is 12.0. The number of hydrogen-bond acceptors (Lipinski definition) is 3. The van der Waals surface area contributed by atoms with Crippen LogP contribution in [0.25, 0.3) is 0 Å². The summed E-state index contributed by atoms with van der Waals surface area (Å²) in [6.45, 7) is 5.43. The molecule has 1 amide bonds. The molecule has 0 unspecified atom stereocenters. The maximum Gasteiger partial charge on any atom is 0.222 e. The lowest BCUT2D eigenvalue weighted by Gasteiger charge is -2.26. The second-order valence-corrected chi connectivity index (χ2v) is 6.71. The van der Waals surface area contributed by atoms with E-state index < -0.39 is 0 Å². The Balaban J connectivity index is 1.93. The van der Waals surface area contributed by atoms with E-state index in [1.165, 1.54) is 45.1 Å². The van der Waals surface area contributed by atoms with E-state index in [0.29, 0.717) is 5.91 Å². The van der Waals surface area contributed by atoms with Gasteiger partial charge in [-0.1, -0.05) is 12.8 Å². The topological polar surface area (TPSA) is 26.8 Å². The van der Waals surface area contributed by atoms with Crippen molar-refractivity contribution in [3.05, 3.63) is 0 Å². The van der Waals surface area contributed by atoms with Crippen molar-refractivity contribution in [2.75, 3.05) is 53.9 Å². The SMILES string of the molecule is CN(C)CCN(C)CCCCCCC(=O)N1CCCCC1. The van der Waals surface area contributed by atoms with Crippen LogP contribution in [0.5, 0.6) is 0 Å². The van der Waals surface area contributed by atoms with Gasteiger partial charge in [0.05, 0.1) is 0 Å². The molecule has 0 atom stereocenters. The quantitative estimate of drug-likeness (QED) is 0.580. The monoisotopic (exact) mass is 297 g/mol. The molecule has 21 heavy (non-hydrogen) atoms. The molecule has 1 heterocycles. The predicted octanol–water partition coefficient (Wildman–Crippen LogP) is 2.44. The average molecular weight is 297 g/mol. The van der Waals surface area contributed by atoms with E-state index in [2.05, 4.69) is 35.8 Å². The van der Waals surface area contributed by atoms with Gasteiger partial charge in [0.1, 0.15) is 0 Å². The number of carbonyl (C=O) groups is 1. The molecule has 1 aliphatic heterocycles. The number of hydrogen-bond donors (Lipinski definition) is 0. The highest BCUT2D eigenvalue weighted by Gasteiger charge is 2.15. The highest BCUT2D eigenvalue weighted by molar-refractivity contribution is 5.76. The number of nitrogens with zero attached hydrogens (tertiary/aromatic N) is 3. The lowest BCUT2D eigenvalue weighted by Crippen LogP contribution is -2.35. The second kappa shape index (κ2) is 11.0. The molecule has 1 aliphatic rings. The van der Waals surface area contributed by atoms with E-state index in [0.717, 1.165) is 39.0 Å². The molecule has 124 valence electrons. The molecule has 1 saturated heterocycles. The van der Waals surface area contributed by atoms with Crippen molar-refractivity contribution < 1.29 is 4.79 Å². The van der Waals surface area contributed by atoms with Crippen LogP contribution in [-0.4, -0.2) is 74.5 Å². The lowest BCUT2D eigenvalue weighted by molar-refractivity contribution is -0.132.